The van der Waals surface area contributed by atoms with Crippen molar-refractivity contribution in [2.75, 3.05) is 0 Å². The second kappa shape index (κ2) is 32.6. The summed E-state index contributed by atoms with van der Waals surface area (Å²) in [6, 6.07) is 114. The van der Waals surface area contributed by atoms with E-state index in [0.29, 0.717) is 5.56 Å². The van der Waals surface area contributed by atoms with E-state index in [4.69, 9.17) is 6.85 Å². The largest absolute Gasteiger partial charge is 0.335 e. The van der Waals surface area contributed by atoms with Crippen LogP contribution in [-0.2, 0) is 38.4 Å². The standard InChI is InChI=1S/C28H24N2.C28H25N.C24H33N.C22H21N.C16H18/c1-28(2,3)30-26-15-9-6-12-22(26)23-18-19(16-17-27(23)30)29-24-13-7-4-10-20(24)21-11-5-8-14-25(21)29;1-28(2,3)29-26-22(20-12-6-4-7-13-20)16-10-18-24(26)25-19-11-17-23(27(25)29)21-14-8-5-9-15-21;1-22(2,3)16-10-12-20-18(14-16)19-15-17(23(4,5)6)11-13-21(19)25(20)24(7,8)9;1-22(2,3)23-20-15-8-7-12-18(20)19-14-9-13-17(21(19)23)16-10-5-4-6-11-16;1-16(2,3)15-12-8-7-11-14(15)13-9-5-4-6-10-13/h4-18H,1-3H3;4-19H,1-3H3;10-15H,1-9H3;4-15H,1-3H3;4-12H,1-3H3/i;;;;4D,5D,6D,9D,10D. The summed E-state index contributed by atoms with van der Waals surface area (Å²) in [6.07, 6.45) is 0. The molecule has 5 aromatic heterocycles. The molecule has 20 rings (SSSR count). The fourth-order valence-electron chi connectivity index (χ4n) is 18.5. The number of nitrogens with zero attached hydrogens (tertiary/aromatic N) is 5. The van der Waals surface area contributed by atoms with Crippen molar-refractivity contribution in [2.45, 2.75) is 184 Å². The zero-order chi connectivity index (χ0) is 91.2. The van der Waals surface area contributed by atoms with Crippen LogP contribution in [0.1, 0.15) is 169 Å². The van der Waals surface area contributed by atoms with Crippen LogP contribution in [0.2, 0.25) is 0 Å². The highest BCUT2D eigenvalue weighted by molar-refractivity contribution is 6.18. The van der Waals surface area contributed by atoms with Gasteiger partial charge in [0.05, 0.1) is 34.4 Å². The van der Waals surface area contributed by atoms with Gasteiger partial charge in [-0.15, -0.1) is 0 Å². The molecule has 0 bridgehead atoms. The quantitative estimate of drug-likeness (QED) is 0.164. The molecule has 618 valence electrons. The molecule has 0 spiro atoms. The van der Waals surface area contributed by atoms with Crippen LogP contribution in [0.4, 0.5) is 0 Å². The second-order valence-electron chi connectivity index (χ2n) is 40.1. The summed E-state index contributed by atoms with van der Waals surface area (Å²) in [4.78, 5) is 0. The molecule has 0 saturated carbocycles. The topological polar surface area (TPSA) is 24.6 Å². The Bertz CT molecular complexity index is 7320. The third-order valence-corrected chi connectivity index (χ3v) is 23.9. The lowest BCUT2D eigenvalue weighted by Gasteiger charge is -2.26. The lowest BCUT2D eigenvalue weighted by atomic mass is 9.82. The van der Waals surface area contributed by atoms with E-state index in [1.165, 1.54) is 159 Å². The van der Waals surface area contributed by atoms with E-state index in [1.807, 2.05) is 45.0 Å². The minimum Gasteiger partial charge on any atom is -0.335 e. The first kappa shape index (κ1) is 77.6. The molecule has 0 N–H and O–H groups in total. The molecule has 0 amide bonds. The molecule has 0 aliphatic carbocycles. The molecular weight excluding hydrogens is 1490 g/mol. The maximum atomic E-state index is 8.10. The highest BCUT2D eigenvalue weighted by atomic mass is 15.1. The van der Waals surface area contributed by atoms with E-state index in [2.05, 4.69) is 445 Å². The van der Waals surface area contributed by atoms with E-state index in [-0.39, 0.29) is 74.2 Å². The van der Waals surface area contributed by atoms with Gasteiger partial charge in [0, 0.05) is 126 Å². The Labute approximate surface area is 736 Å². The van der Waals surface area contributed by atoms with Crippen LogP contribution in [0.3, 0.4) is 0 Å². The highest BCUT2D eigenvalue weighted by Crippen LogP contribution is 2.47. The summed E-state index contributed by atoms with van der Waals surface area (Å²) in [5, 5.41) is 13.3. The number of hydrogen-bond acceptors (Lipinski definition) is 0. The Morgan fingerprint density at radius 2 is 0.496 bits per heavy atom. The molecule has 0 aliphatic heterocycles. The second-order valence-corrected chi connectivity index (χ2v) is 40.1. The summed E-state index contributed by atoms with van der Waals surface area (Å²) in [5.41, 5.74) is 26.7. The molecule has 0 radical (unpaired) electrons. The molecule has 0 saturated heterocycles. The molecule has 0 aliphatic rings. The SMILES string of the molecule is CC(C)(C)c1ccc2c(c1)c1cc(C(C)(C)C)ccc1n2C(C)(C)C.CC(C)(C)n1c2c(-c3ccccc3)cccc2c2cccc(-c3ccccc3)c21.CC(C)(C)n1c2ccccc2c2cc(-n3c4ccccc4c4ccccc43)ccc21.CC(C)(C)n1c2ccccc2c2cccc(-c3ccccc3)c21.[2H]c1c([2H])c([2H])c(-c2ccccc2C(C)(C)C)c([2H])c1[2H]. The molecule has 123 heavy (non-hydrogen) atoms. The Kier molecular flexibility index (Phi) is 20.6. The number of aromatic nitrogens is 5. The highest BCUT2D eigenvalue weighted by Gasteiger charge is 2.30. The van der Waals surface area contributed by atoms with Gasteiger partial charge in [-0.1, -0.05) is 347 Å². The summed E-state index contributed by atoms with van der Waals surface area (Å²) in [7, 11) is 0. The number of para-hydroxylation sites is 7. The van der Waals surface area contributed by atoms with Crippen molar-refractivity contribution in [1.82, 2.24) is 22.8 Å². The van der Waals surface area contributed by atoms with Crippen molar-refractivity contribution in [3.05, 3.63) is 368 Å². The van der Waals surface area contributed by atoms with Crippen molar-refractivity contribution in [3.63, 3.8) is 0 Å². The molecule has 0 atom stereocenters. The van der Waals surface area contributed by atoms with Crippen LogP contribution in [-0.4, -0.2) is 22.8 Å². The molecule has 0 unspecified atom stereocenters. The van der Waals surface area contributed by atoms with E-state index >= 15 is 0 Å². The minimum absolute atomic E-state index is 0.00964. The van der Waals surface area contributed by atoms with Crippen molar-refractivity contribution in [3.8, 4) is 50.2 Å². The van der Waals surface area contributed by atoms with Gasteiger partial charge < -0.3 is 22.8 Å². The Hall–Kier alpha value is -12.7. The average molecular weight is 1610 g/mol. The Balaban J connectivity index is 0.000000118. The Morgan fingerprint density at radius 3 is 0.886 bits per heavy atom. The van der Waals surface area contributed by atoms with Crippen molar-refractivity contribution >= 4 is 109 Å². The summed E-state index contributed by atoms with van der Waals surface area (Å²) >= 11 is 0. The lowest BCUT2D eigenvalue weighted by Crippen LogP contribution is -2.22. The molecule has 5 heterocycles. The van der Waals surface area contributed by atoms with Gasteiger partial charge in [-0.25, -0.2) is 0 Å². The van der Waals surface area contributed by atoms with E-state index in [1.54, 1.807) is 0 Å². The molecule has 5 nitrogen and oxygen atoms in total. The average Bonchev–Trinajstić information content (AvgIpc) is 1.56. The van der Waals surface area contributed by atoms with Gasteiger partial charge in [0.1, 0.15) is 0 Å². The van der Waals surface area contributed by atoms with Gasteiger partial charge >= 0.3 is 0 Å². The van der Waals surface area contributed by atoms with Gasteiger partial charge in [-0.05, 0) is 211 Å². The monoisotopic (exact) mass is 1610 g/mol. The fourth-order valence-corrected chi connectivity index (χ4v) is 18.5. The number of fused-ring (bicyclic) bond motifs is 15. The predicted molar refractivity (Wildman–Crippen MR) is 536 cm³/mol. The first-order chi connectivity index (χ1) is 60.6. The van der Waals surface area contributed by atoms with Crippen LogP contribution in [0.25, 0.3) is 159 Å². The fraction of sp³-hybridized carbons (Fsp3) is 0.237. The van der Waals surface area contributed by atoms with Gasteiger partial charge in [0.25, 0.3) is 0 Å². The van der Waals surface area contributed by atoms with Crippen molar-refractivity contribution in [1.29, 1.82) is 0 Å². The molecule has 15 aromatic carbocycles. The minimum atomic E-state index is -0.359. The Morgan fingerprint density at radius 1 is 0.203 bits per heavy atom. The van der Waals surface area contributed by atoms with Gasteiger partial charge in [-0.3, -0.25) is 0 Å². The zero-order valence-corrected chi connectivity index (χ0v) is 75.8. The summed E-state index contributed by atoms with van der Waals surface area (Å²) < 4.78 is 51.9. The molecule has 20 aromatic rings. The van der Waals surface area contributed by atoms with Crippen LogP contribution in [0.15, 0.2) is 352 Å². The number of benzene rings is 15. The number of rotatable bonds is 5. The summed E-state index contributed by atoms with van der Waals surface area (Å²) in [5.74, 6) is 0. The molecule has 5 heteroatoms. The number of hydrogen-bond donors (Lipinski definition) is 0. The van der Waals surface area contributed by atoms with Crippen LogP contribution < -0.4 is 0 Å². The molecule has 0 fully saturated rings. The van der Waals surface area contributed by atoms with Crippen molar-refractivity contribution < 1.29 is 6.85 Å². The lowest BCUT2D eigenvalue weighted by molar-refractivity contribution is 0.423. The first-order valence-corrected chi connectivity index (χ1v) is 43.7. The molecular formula is C118H121N5. The smallest absolute Gasteiger partial charge is 0.0629 e. The summed E-state index contributed by atoms with van der Waals surface area (Å²) in [6.45, 7) is 47.3. The van der Waals surface area contributed by atoms with E-state index < -0.39 is 0 Å². The maximum absolute atomic E-state index is 8.10. The normalized spacial score (nSPS) is 13.0. The zero-order valence-electron chi connectivity index (χ0n) is 80.8. The maximum Gasteiger partial charge on any atom is 0.0629 e. The van der Waals surface area contributed by atoms with Gasteiger partial charge in [-0.2, -0.15) is 0 Å². The van der Waals surface area contributed by atoms with Crippen LogP contribution in [0, 0.1) is 0 Å². The first-order valence-electron chi connectivity index (χ1n) is 46.2. The van der Waals surface area contributed by atoms with E-state index in [9.17, 15) is 0 Å². The van der Waals surface area contributed by atoms with E-state index in [0.717, 1.165) is 5.56 Å². The van der Waals surface area contributed by atoms with Gasteiger partial charge in [0.2, 0.25) is 0 Å². The van der Waals surface area contributed by atoms with Crippen LogP contribution in [0.5, 0.6) is 0 Å². The predicted octanol–water partition coefficient (Wildman–Crippen LogP) is 33.5. The third-order valence-electron chi connectivity index (χ3n) is 23.9. The van der Waals surface area contributed by atoms with Crippen molar-refractivity contribution in [2.24, 2.45) is 0 Å². The van der Waals surface area contributed by atoms with Crippen LogP contribution >= 0.6 is 0 Å². The van der Waals surface area contributed by atoms with Gasteiger partial charge in [0.15, 0.2) is 0 Å². The third kappa shape index (κ3) is 16.4.